The number of likely N-dealkylation sites (tertiary alicyclic amines) is 1. The van der Waals surface area contributed by atoms with Gasteiger partial charge >= 0.3 is 6.09 Å². The number of ether oxygens (including phenoxy) is 1. The Labute approximate surface area is 95.3 Å². The van der Waals surface area contributed by atoms with Crippen LogP contribution in [0, 0.1) is 0 Å². The lowest BCUT2D eigenvalue weighted by atomic mass is 10.1. The van der Waals surface area contributed by atoms with Crippen molar-refractivity contribution in [1.82, 2.24) is 4.90 Å². The molecule has 1 rings (SSSR count). The van der Waals surface area contributed by atoms with E-state index < -0.39 is 0 Å². The highest BCUT2D eigenvalue weighted by molar-refractivity contribution is 7.80. The number of hydrogen-bond donors (Lipinski definition) is 0. The van der Waals surface area contributed by atoms with Gasteiger partial charge in [0.05, 0.1) is 12.6 Å². The van der Waals surface area contributed by atoms with Gasteiger partial charge < -0.3 is 9.64 Å². The van der Waals surface area contributed by atoms with E-state index in [-0.39, 0.29) is 6.09 Å². The fraction of sp³-hybridized carbons (Fsp3) is 0.700. The van der Waals surface area contributed by atoms with E-state index in [1.165, 1.54) is 5.37 Å². The molecule has 0 aromatic carbocycles. The van der Waals surface area contributed by atoms with Gasteiger partial charge in [-0.15, -0.1) is 0 Å². The van der Waals surface area contributed by atoms with Crippen molar-refractivity contribution in [2.24, 2.45) is 4.99 Å². The SMILES string of the molecule is CCOC(=O)N1CCC(N=CC=S)CC1. The maximum absolute atomic E-state index is 11.4. The minimum atomic E-state index is -0.213. The number of piperidine rings is 1. The van der Waals surface area contributed by atoms with Gasteiger partial charge in [-0.1, -0.05) is 12.2 Å². The summed E-state index contributed by atoms with van der Waals surface area (Å²) >= 11 is 4.66. The Morgan fingerprint density at radius 1 is 1.60 bits per heavy atom. The maximum Gasteiger partial charge on any atom is 0.409 e. The Hall–Kier alpha value is -0.970. The van der Waals surface area contributed by atoms with E-state index in [4.69, 9.17) is 4.74 Å². The number of nitrogens with zero attached hydrogens (tertiary/aromatic N) is 2. The van der Waals surface area contributed by atoms with Crippen LogP contribution in [0.15, 0.2) is 4.99 Å². The van der Waals surface area contributed by atoms with Crippen LogP contribution in [-0.2, 0) is 4.74 Å². The molecule has 4 nitrogen and oxygen atoms in total. The molecule has 1 fully saturated rings. The zero-order valence-corrected chi connectivity index (χ0v) is 9.70. The molecular weight excluding hydrogens is 212 g/mol. The van der Waals surface area contributed by atoms with Crippen molar-refractivity contribution in [3.05, 3.63) is 0 Å². The van der Waals surface area contributed by atoms with E-state index in [0.717, 1.165) is 25.9 Å². The van der Waals surface area contributed by atoms with E-state index in [9.17, 15) is 4.79 Å². The summed E-state index contributed by atoms with van der Waals surface area (Å²) in [5.41, 5.74) is 0. The van der Waals surface area contributed by atoms with Crippen LogP contribution in [-0.4, -0.2) is 48.3 Å². The largest absolute Gasteiger partial charge is 0.450 e. The number of thiocarbonyl (C=S) groups is 1. The molecule has 0 radical (unpaired) electrons. The second kappa shape index (κ2) is 6.50. The van der Waals surface area contributed by atoms with Crippen LogP contribution in [0.3, 0.4) is 0 Å². The third-order valence-corrected chi connectivity index (χ3v) is 2.47. The monoisotopic (exact) mass is 228 g/mol. The van der Waals surface area contributed by atoms with Gasteiger partial charge in [0.25, 0.3) is 0 Å². The molecule has 1 amide bonds. The molecule has 0 aliphatic carbocycles. The van der Waals surface area contributed by atoms with Gasteiger partial charge in [0.2, 0.25) is 0 Å². The number of hydrogen-bond acceptors (Lipinski definition) is 4. The number of carbonyl (C=O) groups excluding carboxylic acids is 1. The average Bonchev–Trinajstić information content (AvgIpc) is 2.27. The van der Waals surface area contributed by atoms with E-state index in [2.05, 4.69) is 17.2 Å². The van der Waals surface area contributed by atoms with Crippen molar-refractivity contribution >= 4 is 29.9 Å². The minimum Gasteiger partial charge on any atom is -0.450 e. The quantitative estimate of drug-likeness (QED) is 0.545. The van der Waals surface area contributed by atoms with Gasteiger partial charge in [0.1, 0.15) is 0 Å². The Morgan fingerprint density at radius 2 is 2.27 bits per heavy atom. The fourth-order valence-corrected chi connectivity index (χ4v) is 1.64. The summed E-state index contributed by atoms with van der Waals surface area (Å²) in [4.78, 5) is 17.4. The second-order valence-corrected chi connectivity index (χ2v) is 3.62. The Kier molecular flexibility index (Phi) is 5.25. The smallest absolute Gasteiger partial charge is 0.409 e. The normalized spacial score (nSPS) is 18.1. The molecule has 84 valence electrons. The summed E-state index contributed by atoms with van der Waals surface area (Å²) in [6, 6.07) is 0.301. The lowest BCUT2D eigenvalue weighted by molar-refractivity contribution is 0.0976. The van der Waals surface area contributed by atoms with Crippen molar-refractivity contribution in [1.29, 1.82) is 0 Å². The van der Waals surface area contributed by atoms with Crippen LogP contribution >= 0.6 is 12.2 Å². The molecule has 1 saturated heterocycles. The molecular formula is C10H16N2O2S. The third kappa shape index (κ3) is 3.95. The lowest BCUT2D eigenvalue weighted by Gasteiger charge is -2.29. The first-order valence-electron chi connectivity index (χ1n) is 5.16. The van der Waals surface area contributed by atoms with Crippen LogP contribution in [0.4, 0.5) is 4.79 Å². The molecule has 5 heteroatoms. The van der Waals surface area contributed by atoms with E-state index >= 15 is 0 Å². The fourth-order valence-electron chi connectivity index (χ4n) is 1.57. The molecule has 1 heterocycles. The molecule has 0 spiro atoms. The Balaban J connectivity index is 2.32. The summed E-state index contributed by atoms with van der Waals surface area (Å²) in [5, 5.41) is 1.51. The van der Waals surface area contributed by atoms with Crippen LogP contribution < -0.4 is 0 Å². The van der Waals surface area contributed by atoms with Gasteiger partial charge in [0.15, 0.2) is 0 Å². The molecule has 0 atom stereocenters. The molecule has 1 aliphatic heterocycles. The van der Waals surface area contributed by atoms with Crippen LogP contribution in [0.2, 0.25) is 0 Å². The van der Waals surface area contributed by atoms with Gasteiger partial charge in [-0.25, -0.2) is 4.79 Å². The van der Waals surface area contributed by atoms with Crippen molar-refractivity contribution in [2.45, 2.75) is 25.8 Å². The summed E-state index contributed by atoms with van der Waals surface area (Å²) in [6.07, 6.45) is 3.21. The van der Waals surface area contributed by atoms with Crippen LogP contribution in [0.5, 0.6) is 0 Å². The van der Waals surface area contributed by atoms with Crippen molar-refractivity contribution in [3.63, 3.8) is 0 Å². The molecule has 0 saturated carbocycles. The van der Waals surface area contributed by atoms with Gasteiger partial charge in [0, 0.05) is 24.7 Å². The van der Waals surface area contributed by atoms with Crippen molar-refractivity contribution < 1.29 is 9.53 Å². The Bertz CT molecular complexity index is 248. The first-order valence-corrected chi connectivity index (χ1v) is 5.63. The molecule has 1 aliphatic rings. The van der Waals surface area contributed by atoms with Crippen LogP contribution in [0.1, 0.15) is 19.8 Å². The van der Waals surface area contributed by atoms with Gasteiger partial charge in [-0.05, 0) is 19.8 Å². The predicted octanol–water partition coefficient (Wildman–Crippen LogP) is 1.68. The first-order chi connectivity index (χ1) is 7.27. The maximum atomic E-state index is 11.4. The van der Waals surface area contributed by atoms with Gasteiger partial charge in [-0.3, -0.25) is 4.99 Å². The summed E-state index contributed by atoms with van der Waals surface area (Å²) in [6.45, 7) is 3.69. The molecule has 0 aromatic heterocycles. The highest BCUT2D eigenvalue weighted by atomic mass is 32.1. The predicted molar refractivity (Wildman–Crippen MR) is 63.8 cm³/mol. The summed E-state index contributed by atoms with van der Waals surface area (Å²) in [7, 11) is 0. The zero-order valence-electron chi connectivity index (χ0n) is 8.89. The molecule has 0 bridgehead atoms. The topological polar surface area (TPSA) is 41.9 Å². The molecule has 0 N–H and O–H groups in total. The number of rotatable bonds is 3. The highest BCUT2D eigenvalue weighted by Crippen LogP contribution is 2.13. The van der Waals surface area contributed by atoms with Crippen molar-refractivity contribution in [2.75, 3.05) is 19.7 Å². The molecule has 15 heavy (non-hydrogen) atoms. The lowest BCUT2D eigenvalue weighted by Crippen LogP contribution is -2.40. The standard InChI is InChI=1S/C10H16N2O2S/c1-2-14-10(13)12-6-3-9(4-7-12)11-5-8-15/h5,8-9H,2-4,6-7H2,1H3. The number of carbonyl (C=O) groups is 1. The van der Waals surface area contributed by atoms with E-state index in [0.29, 0.717) is 12.6 Å². The molecule has 0 aromatic rings. The average molecular weight is 228 g/mol. The first kappa shape index (κ1) is 12.1. The highest BCUT2D eigenvalue weighted by Gasteiger charge is 2.22. The molecule has 0 unspecified atom stereocenters. The van der Waals surface area contributed by atoms with Crippen LogP contribution in [0.25, 0.3) is 0 Å². The second-order valence-electron chi connectivity index (χ2n) is 3.35. The van der Waals surface area contributed by atoms with Crippen molar-refractivity contribution in [3.8, 4) is 0 Å². The summed E-state index contributed by atoms with van der Waals surface area (Å²) < 4.78 is 4.92. The number of aliphatic imine (C=N–C) groups is 1. The summed E-state index contributed by atoms with van der Waals surface area (Å²) in [5.74, 6) is 0. The number of amides is 1. The minimum absolute atomic E-state index is 0.213. The van der Waals surface area contributed by atoms with Gasteiger partial charge in [-0.2, -0.15) is 0 Å². The third-order valence-electron chi connectivity index (χ3n) is 2.35. The zero-order chi connectivity index (χ0) is 11.1. The van der Waals surface area contributed by atoms with E-state index in [1.54, 1.807) is 11.1 Å². The van der Waals surface area contributed by atoms with E-state index in [1.807, 2.05) is 6.92 Å². The Morgan fingerprint density at radius 3 is 2.80 bits per heavy atom.